The summed E-state index contributed by atoms with van der Waals surface area (Å²) in [5, 5.41) is 9.26. The molecule has 0 amide bonds. The predicted octanol–water partition coefficient (Wildman–Crippen LogP) is 1.99. The first-order valence-corrected chi connectivity index (χ1v) is 4.07. The summed E-state index contributed by atoms with van der Waals surface area (Å²) < 4.78 is 10.1. The summed E-state index contributed by atoms with van der Waals surface area (Å²) in [5.41, 5.74) is 1.82. The van der Waals surface area contributed by atoms with E-state index in [9.17, 15) is 5.11 Å². The monoisotopic (exact) mass is 182 g/mol. The molecule has 1 aromatic rings. The van der Waals surface area contributed by atoms with Crippen molar-refractivity contribution >= 4 is 0 Å². The number of hydrogen-bond acceptors (Lipinski definition) is 3. The Labute approximate surface area is 77.9 Å². The highest BCUT2D eigenvalue weighted by Crippen LogP contribution is 2.27. The second-order valence-electron chi connectivity index (χ2n) is 2.96. The molecule has 0 heterocycles. The van der Waals surface area contributed by atoms with Crippen LogP contribution in [0.25, 0.3) is 0 Å². The number of methoxy groups -OCH3 is 1. The Balaban J connectivity index is 2.92. The molecule has 1 N–H and O–H groups in total. The molecule has 0 saturated heterocycles. The van der Waals surface area contributed by atoms with Gasteiger partial charge in [-0.15, -0.1) is 0 Å². The van der Waals surface area contributed by atoms with Crippen molar-refractivity contribution in [3.63, 3.8) is 0 Å². The minimum absolute atomic E-state index is 0.229. The van der Waals surface area contributed by atoms with Crippen molar-refractivity contribution in [1.29, 1.82) is 0 Å². The Bertz CT molecular complexity index is 271. The molecule has 0 aromatic heterocycles. The molecule has 13 heavy (non-hydrogen) atoms. The largest absolute Gasteiger partial charge is 0.508 e. The van der Waals surface area contributed by atoms with Gasteiger partial charge in [-0.25, -0.2) is 0 Å². The Morgan fingerprint density at radius 3 is 2.23 bits per heavy atom. The summed E-state index contributed by atoms with van der Waals surface area (Å²) >= 11 is 0. The number of rotatable bonds is 3. The molecule has 0 aliphatic heterocycles. The van der Waals surface area contributed by atoms with Crippen LogP contribution in [-0.2, 0) is 4.74 Å². The van der Waals surface area contributed by atoms with Crippen LogP contribution in [0.5, 0.6) is 11.5 Å². The quantitative estimate of drug-likeness (QED) is 0.726. The third-order valence-corrected chi connectivity index (χ3v) is 1.77. The fourth-order valence-electron chi connectivity index (χ4n) is 1.27. The lowest BCUT2D eigenvalue weighted by atomic mass is 10.1. The fraction of sp³-hybridized carbons (Fsp3) is 0.400. The van der Waals surface area contributed by atoms with Crippen LogP contribution in [0.3, 0.4) is 0 Å². The van der Waals surface area contributed by atoms with E-state index in [1.165, 1.54) is 0 Å². The standard InChI is InChI=1S/C10H14O3/c1-7-4-9(11)5-8(2)10(7)13-6-12-3/h4-5,11H,6H2,1-3H3. The molecule has 1 aromatic carbocycles. The first-order valence-electron chi connectivity index (χ1n) is 4.07. The predicted molar refractivity (Wildman–Crippen MR) is 50.1 cm³/mol. The van der Waals surface area contributed by atoms with Gasteiger partial charge < -0.3 is 14.6 Å². The zero-order valence-electron chi connectivity index (χ0n) is 8.13. The number of hydrogen-bond donors (Lipinski definition) is 1. The van der Waals surface area contributed by atoms with E-state index < -0.39 is 0 Å². The van der Waals surface area contributed by atoms with E-state index in [1.54, 1.807) is 19.2 Å². The SMILES string of the molecule is COCOc1c(C)cc(O)cc1C. The third-order valence-electron chi connectivity index (χ3n) is 1.77. The zero-order chi connectivity index (χ0) is 9.84. The average Bonchev–Trinajstić information content (AvgIpc) is 2.02. The van der Waals surface area contributed by atoms with Crippen molar-refractivity contribution in [2.75, 3.05) is 13.9 Å². The summed E-state index contributed by atoms with van der Waals surface area (Å²) in [4.78, 5) is 0. The number of phenols is 1. The van der Waals surface area contributed by atoms with E-state index in [4.69, 9.17) is 9.47 Å². The maximum atomic E-state index is 9.26. The summed E-state index contributed by atoms with van der Waals surface area (Å²) in [5.74, 6) is 1.04. The molecule has 0 radical (unpaired) electrons. The first-order chi connectivity index (χ1) is 6.15. The number of aromatic hydroxyl groups is 1. The van der Waals surface area contributed by atoms with Crippen molar-refractivity contribution in [3.8, 4) is 11.5 Å². The Morgan fingerprint density at radius 2 is 1.77 bits per heavy atom. The van der Waals surface area contributed by atoms with E-state index in [-0.39, 0.29) is 12.5 Å². The van der Waals surface area contributed by atoms with Crippen molar-refractivity contribution < 1.29 is 14.6 Å². The van der Waals surface area contributed by atoms with Crippen LogP contribution in [0.2, 0.25) is 0 Å². The molecule has 0 unspecified atom stereocenters. The van der Waals surface area contributed by atoms with Gasteiger partial charge in [0, 0.05) is 7.11 Å². The molecule has 0 spiro atoms. The molecule has 0 aliphatic carbocycles. The van der Waals surface area contributed by atoms with E-state index in [2.05, 4.69) is 0 Å². The van der Waals surface area contributed by atoms with Gasteiger partial charge in [-0.1, -0.05) is 0 Å². The van der Waals surface area contributed by atoms with Crippen LogP contribution in [0.4, 0.5) is 0 Å². The molecule has 0 bridgehead atoms. The summed E-state index contributed by atoms with van der Waals surface area (Å²) in [7, 11) is 1.57. The second kappa shape index (κ2) is 4.14. The van der Waals surface area contributed by atoms with Gasteiger partial charge in [0.25, 0.3) is 0 Å². The van der Waals surface area contributed by atoms with Gasteiger partial charge >= 0.3 is 0 Å². The highest BCUT2D eigenvalue weighted by atomic mass is 16.7. The smallest absolute Gasteiger partial charge is 0.188 e. The highest BCUT2D eigenvalue weighted by Gasteiger charge is 2.05. The zero-order valence-corrected chi connectivity index (χ0v) is 8.13. The summed E-state index contributed by atoms with van der Waals surface area (Å²) in [6.45, 7) is 4.00. The van der Waals surface area contributed by atoms with Crippen molar-refractivity contribution in [2.45, 2.75) is 13.8 Å². The molecule has 3 heteroatoms. The van der Waals surface area contributed by atoms with Crippen LogP contribution < -0.4 is 4.74 Å². The van der Waals surface area contributed by atoms with Gasteiger partial charge in [-0.3, -0.25) is 0 Å². The van der Waals surface area contributed by atoms with Crippen LogP contribution in [0.15, 0.2) is 12.1 Å². The van der Waals surface area contributed by atoms with Crippen LogP contribution in [-0.4, -0.2) is 19.0 Å². The van der Waals surface area contributed by atoms with Gasteiger partial charge in [0.1, 0.15) is 11.5 Å². The number of benzene rings is 1. The van der Waals surface area contributed by atoms with Crippen LogP contribution in [0.1, 0.15) is 11.1 Å². The van der Waals surface area contributed by atoms with E-state index in [0.29, 0.717) is 0 Å². The lowest BCUT2D eigenvalue weighted by Crippen LogP contribution is -2.01. The van der Waals surface area contributed by atoms with Gasteiger partial charge in [0.05, 0.1) is 0 Å². The molecule has 0 saturated carbocycles. The Morgan fingerprint density at radius 1 is 1.23 bits per heavy atom. The molecule has 0 aliphatic rings. The van der Waals surface area contributed by atoms with Gasteiger partial charge in [-0.05, 0) is 37.1 Å². The van der Waals surface area contributed by atoms with E-state index >= 15 is 0 Å². The van der Waals surface area contributed by atoms with Crippen molar-refractivity contribution in [2.24, 2.45) is 0 Å². The molecule has 0 fully saturated rings. The molecular formula is C10H14O3. The summed E-state index contributed by atoms with van der Waals surface area (Å²) in [6.07, 6.45) is 0. The minimum atomic E-state index is 0.229. The van der Waals surface area contributed by atoms with E-state index in [0.717, 1.165) is 16.9 Å². The van der Waals surface area contributed by atoms with Crippen LogP contribution in [0, 0.1) is 13.8 Å². The van der Waals surface area contributed by atoms with Gasteiger partial charge in [0.2, 0.25) is 0 Å². The molecule has 0 atom stereocenters. The molecular weight excluding hydrogens is 168 g/mol. The second-order valence-corrected chi connectivity index (χ2v) is 2.96. The van der Waals surface area contributed by atoms with Crippen molar-refractivity contribution in [1.82, 2.24) is 0 Å². The highest BCUT2D eigenvalue weighted by molar-refractivity contribution is 5.45. The number of ether oxygens (including phenoxy) is 2. The third kappa shape index (κ3) is 2.36. The minimum Gasteiger partial charge on any atom is -0.508 e. The van der Waals surface area contributed by atoms with E-state index in [1.807, 2.05) is 13.8 Å². The maximum absolute atomic E-state index is 9.26. The molecule has 72 valence electrons. The average molecular weight is 182 g/mol. The first kappa shape index (κ1) is 9.86. The maximum Gasteiger partial charge on any atom is 0.188 e. The fourth-order valence-corrected chi connectivity index (χ4v) is 1.27. The Hall–Kier alpha value is -1.22. The van der Waals surface area contributed by atoms with Crippen LogP contribution >= 0.6 is 0 Å². The molecule has 3 nitrogen and oxygen atoms in total. The normalized spacial score (nSPS) is 10.1. The van der Waals surface area contributed by atoms with Gasteiger partial charge in [-0.2, -0.15) is 0 Å². The number of phenolic OH excluding ortho intramolecular Hbond substituents is 1. The van der Waals surface area contributed by atoms with Gasteiger partial charge in [0.15, 0.2) is 6.79 Å². The Kier molecular flexibility index (Phi) is 3.14. The lowest BCUT2D eigenvalue weighted by molar-refractivity contribution is 0.0501. The van der Waals surface area contributed by atoms with Crippen molar-refractivity contribution in [3.05, 3.63) is 23.3 Å². The molecule has 1 rings (SSSR count). The summed E-state index contributed by atoms with van der Waals surface area (Å²) in [6, 6.07) is 3.33. The number of aryl methyl sites for hydroxylation is 2. The lowest BCUT2D eigenvalue weighted by Gasteiger charge is -2.11. The topological polar surface area (TPSA) is 38.7 Å².